The van der Waals surface area contributed by atoms with Gasteiger partial charge in [0.15, 0.2) is 0 Å². The molecule has 0 amide bonds. The van der Waals surface area contributed by atoms with Crippen molar-refractivity contribution in [3.8, 4) is 0 Å². The number of rotatable bonds is 3. The maximum absolute atomic E-state index is 11.4. The van der Waals surface area contributed by atoms with Gasteiger partial charge in [-0.05, 0) is 18.1 Å². The molecule has 0 aliphatic heterocycles. The number of methoxy groups -OCH3 is 1. The van der Waals surface area contributed by atoms with Crippen LogP contribution < -0.4 is 0 Å². The summed E-state index contributed by atoms with van der Waals surface area (Å²) in [5, 5.41) is 0. The number of carbonyl (C=O) groups excluding carboxylic acids is 1. The van der Waals surface area contributed by atoms with Crippen LogP contribution in [0.3, 0.4) is 0 Å². The Hall–Kier alpha value is -0.960. The van der Waals surface area contributed by atoms with Gasteiger partial charge in [0.1, 0.15) is 0 Å². The monoisotopic (exact) mass is 210 g/mol. The number of aryl methyl sites for hydroxylation is 1. The van der Waals surface area contributed by atoms with Crippen molar-refractivity contribution < 1.29 is 9.53 Å². The maximum atomic E-state index is 11.4. The van der Waals surface area contributed by atoms with Gasteiger partial charge in [-0.1, -0.05) is 24.3 Å². The van der Waals surface area contributed by atoms with Gasteiger partial charge < -0.3 is 4.74 Å². The molecule has 0 radical (unpaired) electrons. The zero-order valence-electron chi connectivity index (χ0n) is 8.36. The molecule has 1 aromatic carbocycles. The van der Waals surface area contributed by atoms with E-state index in [4.69, 9.17) is 4.74 Å². The van der Waals surface area contributed by atoms with Crippen LogP contribution in [-0.4, -0.2) is 18.8 Å². The smallest absolute Gasteiger partial charge is 0.313 e. The third-order valence-corrected chi connectivity index (χ3v) is 2.60. The summed E-state index contributed by atoms with van der Waals surface area (Å²) in [5.41, 5.74) is 2.09. The summed E-state index contributed by atoms with van der Waals surface area (Å²) in [6.07, 6.45) is 0. The second-order valence-electron chi connectivity index (χ2n) is 3.11. The topological polar surface area (TPSA) is 26.3 Å². The van der Waals surface area contributed by atoms with Crippen LogP contribution in [-0.2, 0) is 9.53 Å². The SMILES string of the molecule is COC(=O)C(CS)c1ccccc1C. The van der Waals surface area contributed by atoms with Crippen LogP contribution in [0.4, 0.5) is 0 Å². The Labute approximate surface area is 89.7 Å². The first-order valence-corrected chi connectivity index (χ1v) is 5.08. The number of esters is 1. The Morgan fingerprint density at radius 1 is 1.50 bits per heavy atom. The Bertz CT molecular complexity index is 323. The Balaban J connectivity index is 3.01. The molecule has 1 unspecified atom stereocenters. The molecule has 0 aromatic heterocycles. The fourth-order valence-corrected chi connectivity index (χ4v) is 1.77. The van der Waals surface area contributed by atoms with Crippen LogP contribution in [0.2, 0.25) is 0 Å². The number of thiol groups is 1. The molecular weight excluding hydrogens is 196 g/mol. The summed E-state index contributed by atoms with van der Waals surface area (Å²) in [4.78, 5) is 11.4. The molecule has 0 fully saturated rings. The van der Waals surface area contributed by atoms with Crippen molar-refractivity contribution in [3.05, 3.63) is 35.4 Å². The Morgan fingerprint density at radius 3 is 2.64 bits per heavy atom. The number of carbonyl (C=O) groups is 1. The average molecular weight is 210 g/mol. The number of hydrogen-bond donors (Lipinski definition) is 1. The summed E-state index contributed by atoms with van der Waals surface area (Å²) in [6, 6.07) is 7.79. The van der Waals surface area contributed by atoms with E-state index in [-0.39, 0.29) is 11.9 Å². The van der Waals surface area contributed by atoms with Crippen molar-refractivity contribution in [2.45, 2.75) is 12.8 Å². The van der Waals surface area contributed by atoms with Crippen LogP contribution in [0.1, 0.15) is 17.0 Å². The third kappa shape index (κ3) is 2.29. The highest BCUT2D eigenvalue weighted by molar-refractivity contribution is 7.80. The lowest BCUT2D eigenvalue weighted by Crippen LogP contribution is -2.16. The molecule has 76 valence electrons. The van der Waals surface area contributed by atoms with Gasteiger partial charge in [0.2, 0.25) is 0 Å². The fourth-order valence-electron chi connectivity index (χ4n) is 1.42. The van der Waals surface area contributed by atoms with E-state index in [9.17, 15) is 4.79 Å². The van der Waals surface area contributed by atoms with Crippen molar-refractivity contribution in [1.29, 1.82) is 0 Å². The molecular formula is C11H14O2S. The van der Waals surface area contributed by atoms with Gasteiger partial charge in [0.05, 0.1) is 13.0 Å². The van der Waals surface area contributed by atoms with Crippen molar-refractivity contribution in [3.63, 3.8) is 0 Å². The predicted octanol–water partition coefficient (Wildman–Crippen LogP) is 2.18. The molecule has 14 heavy (non-hydrogen) atoms. The predicted molar refractivity (Wildman–Crippen MR) is 59.8 cm³/mol. The van der Waals surface area contributed by atoms with Gasteiger partial charge in [-0.25, -0.2) is 0 Å². The van der Waals surface area contributed by atoms with Crippen molar-refractivity contribution in [1.82, 2.24) is 0 Å². The minimum absolute atomic E-state index is 0.228. The lowest BCUT2D eigenvalue weighted by atomic mass is 9.96. The molecule has 0 saturated heterocycles. The van der Waals surface area contributed by atoms with Gasteiger partial charge >= 0.3 is 5.97 Å². The summed E-state index contributed by atoms with van der Waals surface area (Å²) in [5.74, 6) is -0.0174. The Kier molecular flexibility index (Phi) is 4.01. The highest BCUT2D eigenvalue weighted by Gasteiger charge is 2.20. The van der Waals surface area contributed by atoms with Crippen LogP contribution >= 0.6 is 12.6 Å². The first-order chi connectivity index (χ1) is 6.70. The summed E-state index contributed by atoms with van der Waals surface area (Å²) in [6.45, 7) is 1.98. The minimum atomic E-state index is -0.260. The molecule has 0 saturated carbocycles. The second-order valence-corrected chi connectivity index (χ2v) is 3.48. The molecule has 1 atom stereocenters. The standard InChI is InChI=1S/C11H14O2S/c1-8-5-3-4-6-9(8)10(7-14)11(12)13-2/h3-6,10,14H,7H2,1-2H3. The highest BCUT2D eigenvalue weighted by atomic mass is 32.1. The van der Waals surface area contributed by atoms with Gasteiger partial charge in [-0.2, -0.15) is 12.6 Å². The summed E-state index contributed by atoms with van der Waals surface area (Å²) >= 11 is 4.17. The third-order valence-electron chi connectivity index (χ3n) is 2.23. The van der Waals surface area contributed by atoms with Crippen molar-refractivity contribution >= 4 is 18.6 Å². The molecule has 0 heterocycles. The summed E-state index contributed by atoms with van der Waals surface area (Å²) in [7, 11) is 1.40. The maximum Gasteiger partial charge on any atom is 0.313 e. The molecule has 0 aliphatic rings. The Morgan fingerprint density at radius 2 is 2.14 bits per heavy atom. The quantitative estimate of drug-likeness (QED) is 0.611. The number of benzene rings is 1. The molecule has 1 rings (SSSR count). The first-order valence-electron chi connectivity index (χ1n) is 4.45. The zero-order valence-corrected chi connectivity index (χ0v) is 9.25. The van der Waals surface area contributed by atoms with Crippen LogP contribution in [0.15, 0.2) is 24.3 Å². The van der Waals surface area contributed by atoms with Crippen molar-refractivity contribution in [2.24, 2.45) is 0 Å². The van der Waals surface area contributed by atoms with E-state index in [1.165, 1.54) is 7.11 Å². The van der Waals surface area contributed by atoms with E-state index in [0.29, 0.717) is 5.75 Å². The zero-order chi connectivity index (χ0) is 10.6. The van der Waals surface area contributed by atoms with Gasteiger partial charge in [-0.15, -0.1) is 0 Å². The van der Waals surface area contributed by atoms with Crippen LogP contribution in [0.5, 0.6) is 0 Å². The molecule has 0 bridgehead atoms. The first kappa shape index (κ1) is 11.1. The van der Waals surface area contributed by atoms with Gasteiger partial charge in [0.25, 0.3) is 0 Å². The van der Waals surface area contributed by atoms with E-state index in [1.807, 2.05) is 31.2 Å². The second kappa shape index (κ2) is 5.05. The minimum Gasteiger partial charge on any atom is -0.469 e. The van der Waals surface area contributed by atoms with Gasteiger partial charge in [-0.3, -0.25) is 4.79 Å². The molecule has 0 aliphatic carbocycles. The molecule has 0 spiro atoms. The van der Waals surface area contributed by atoms with Crippen LogP contribution in [0.25, 0.3) is 0 Å². The largest absolute Gasteiger partial charge is 0.469 e. The fraction of sp³-hybridized carbons (Fsp3) is 0.364. The van der Waals surface area contributed by atoms with E-state index in [1.54, 1.807) is 0 Å². The molecule has 0 N–H and O–H groups in total. The number of hydrogen-bond acceptors (Lipinski definition) is 3. The average Bonchev–Trinajstić information content (AvgIpc) is 2.21. The lowest BCUT2D eigenvalue weighted by molar-refractivity contribution is -0.141. The van der Waals surface area contributed by atoms with E-state index in [2.05, 4.69) is 12.6 Å². The summed E-state index contributed by atoms with van der Waals surface area (Å²) < 4.78 is 4.72. The van der Waals surface area contributed by atoms with E-state index < -0.39 is 0 Å². The van der Waals surface area contributed by atoms with Crippen molar-refractivity contribution in [2.75, 3.05) is 12.9 Å². The molecule has 2 nitrogen and oxygen atoms in total. The molecule has 1 aromatic rings. The van der Waals surface area contributed by atoms with E-state index >= 15 is 0 Å². The molecule has 3 heteroatoms. The highest BCUT2D eigenvalue weighted by Crippen LogP contribution is 2.21. The van der Waals surface area contributed by atoms with Crippen LogP contribution in [0, 0.1) is 6.92 Å². The normalized spacial score (nSPS) is 12.2. The lowest BCUT2D eigenvalue weighted by Gasteiger charge is -2.14. The number of ether oxygens (including phenoxy) is 1. The van der Waals surface area contributed by atoms with E-state index in [0.717, 1.165) is 11.1 Å². The van der Waals surface area contributed by atoms with Gasteiger partial charge in [0, 0.05) is 5.75 Å².